The van der Waals surface area contributed by atoms with Crippen LogP contribution in [0.25, 0.3) is 0 Å². The zero-order chi connectivity index (χ0) is 28.1. The summed E-state index contributed by atoms with van der Waals surface area (Å²) >= 11 is 0. The molecule has 1 aromatic carbocycles. The van der Waals surface area contributed by atoms with Crippen molar-refractivity contribution in [1.82, 2.24) is 0 Å². The number of ketones is 1. The molecule has 0 heterocycles. The number of benzene rings is 1. The standard InChI is InChI=1S/C29H42O9/c1-20-7-8-24(33)27(20)38-28(35)36-19-23-17-21(2)26(22(3)18-23)37-25(34)9-13-29(10-4-14-30,11-5-15-31)12-6-16-32/h17-18,27,30-32H,1,4-16,19H2,2-3H3. The summed E-state index contributed by atoms with van der Waals surface area (Å²) in [4.78, 5) is 36.6. The number of carbonyl (C=O) groups excluding carboxylic acids is 3. The monoisotopic (exact) mass is 534 g/mol. The molecule has 0 radical (unpaired) electrons. The Hall–Kier alpha value is -2.75. The van der Waals surface area contributed by atoms with Crippen molar-refractivity contribution in [2.45, 2.75) is 90.8 Å². The second kappa shape index (κ2) is 15.6. The molecular weight excluding hydrogens is 492 g/mol. The molecule has 1 unspecified atom stereocenters. The van der Waals surface area contributed by atoms with Crippen LogP contribution in [0.4, 0.5) is 4.79 Å². The molecule has 1 fully saturated rings. The van der Waals surface area contributed by atoms with Crippen molar-refractivity contribution in [2.24, 2.45) is 5.41 Å². The molecule has 3 N–H and O–H groups in total. The minimum Gasteiger partial charge on any atom is -0.429 e. The van der Waals surface area contributed by atoms with Gasteiger partial charge in [0.25, 0.3) is 0 Å². The Labute approximate surface area is 224 Å². The topological polar surface area (TPSA) is 140 Å². The average molecular weight is 535 g/mol. The second-order valence-corrected chi connectivity index (χ2v) is 10.2. The summed E-state index contributed by atoms with van der Waals surface area (Å²) in [5.41, 5.74) is 2.40. The van der Waals surface area contributed by atoms with Gasteiger partial charge in [0, 0.05) is 32.7 Å². The lowest BCUT2D eigenvalue weighted by Crippen LogP contribution is -2.25. The number of carbonyl (C=O) groups is 3. The maximum atomic E-state index is 12.8. The van der Waals surface area contributed by atoms with E-state index in [9.17, 15) is 29.7 Å². The van der Waals surface area contributed by atoms with Crippen LogP contribution in [-0.2, 0) is 25.7 Å². The first-order chi connectivity index (χ1) is 18.1. The fourth-order valence-corrected chi connectivity index (χ4v) is 5.12. The van der Waals surface area contributed by atoms with Gasteiger partial charge < -0.3 is 29.5 Å². The highest BCUT2D eigenvalue weighted by atomic mass is 16.7. The number of esters is 1. The number of rotatable bonds is 16. The highest BCUT2D eigenvalue weighted by molar-refractivity contribution is 5.90. The first kappa shape index (κ1) is 31.5. The van der Waals surface area contributed by atoms with E-state index in [2.05, 4.69) is 6.58 Å². The van der Waals surface area contributed by atoms with E-state index in [1.807, 2.05) is 0 Å². The molecule has 1 aliphatic carbocycles. The number of ether oxygens (including phenoxy) is 3. The summed E-state index contributed by atoms with van der Waals surface area (Å²) in [5, 5.41) is 28.0. The average Bonchev–Trinajstić information content (AvgIpc) is 3.20. The Morgan fingerprint density at radius 1 is 0.947 bits per heavy atom. The van der Waals surface area contributed by atoms with E-state index in [0.717, 1.165) is 0 Å². The Balaban J connectivity index is 1.97. The van der Waals surface area contributed by atoms with Crippen molar-refractivity contribution >= 4 is 17.9 Å². The minimum atomic E-state index is -0.942. The van der Waals surface area contributed by atoms with Gasteiger partial charge in [-0.25, -0.2) is 4.79 Å². The molecule has 9 nitrogen and oxygen atoms in total. The van der Waals surface area contributed by atoms with Crippen molar-refractivity contribution in [3.8, 4) is 5.75 Å². The van der Waals surface area contributed by atoms with Gasteiger partial charge in [-0.3, -0.25) is 9.59 Å². The van der Waals surface area contributed by atoms with E-state index in [4.69, 9.17) is 14.2 Å². The molecule has 0 aliphatic heterocycles. The van der Waals surface area contributed by atoms with Crippen molar-refractivity contribution in [1.29, 1.82) is 0 Å². The Morgan fingerprint density at radius 2 is 1.50 bits per heavy atom. The number of aliphatic hydroxyl groups is 3. The predicted octanol–water partition coefficient (Wildman–Crippen LogP) is 4.23. The molecular formula is C29H42O9. The first-order valence-corrected chi connectivity index (χ1v) is 13.3. The second-order valence-electron chi connectivity index (χ2n) is 10.2. The van der Waals surface area contributed by atoms with Crippen LogP contribution in [0.3, 0.4) is 0 Å². The summed E-state index contributed by atoms with van der Waals surface area (Å²) in [6.07, 6.45) is 3.52. The first-order valence-electron chi connectivity index (χ1n) is 13.3. The normalized spacial score (nSPS) is 15.6. The molecule has 9 heteroatoms. The molecule has 212 valence electrons. The lowest BCUT2D eigenvalue weighted by molar-refractivity contribution is -0.135. The number of aryl methyl sites for hydroxylation is 2. The summed E-state index contributed by atoms with van der Waals surface area (Å²) in [6.45, 7) is 7.43. The van der Waals surface area contributed by atoms with Crippen LogP contribution in [0.5, 0.6) is 5.75 Å². The van der Waals surface area contributed by atoms with Crippen LogP contribution in [0.2, 0.25) is 0 Å². The third-order valence-electron chi connectivity index (χ3n) is 7.12. The van der Waals surface area contributed by atoms with E-state index >= 15 is 0 Å². The molecule has 1 saturated carbocycles. The van der Waals surface area contributed by atoms with Gasteiger partial charge in [-0.1, -0.05) is 6.58 Å². The molecule has 0 amide bonds. The molecule has 0 bridgehead atoms. The summed E-state index contributed by atoms with van der Waals surface area (Å²) < 4.78 is 16.0. The number of Topliss-reactive ketones (excluding diaryl/α,β-unsaturated/α-hetero) is 1. The van der Waals surface area contributed by atoms with Crippen LogP contribution in [0, 0.1) is 19.3 Å². The maximum Gasteiger partial charge on any atom is 0.509 e. The van der Waals surface area contributed by atoms with Crippen LogP contribution in [0.15, 0.2) is 24.3 Å². The van der Waals surface area contributed by atoms with Gasteiger partial charge in [0.15, 0.2) is 11.9 Å². The van der Waals surface area contributed by atoms with Crippen LogP contribution in [-0.4, -0.2) is 59.2 Å². The van der Waals surface area contributed by atoms with Gasteiger partial charge in [0.1, 0.15) is 12.4 Å². The molecule has 0 aromatic heterocycles. The van der Waals surface area contributed by atoms with Gasteiger partial charge in [-0.2, -0.15) is 0 Å². The SMILES string of the molecule is C=C1CCC(=O)C1OC(=O)OCc1cc(C)c(OC(=O)CCC(CCCO)(CCCO)CCCO)c(C)c1. The van der Waals surface area contributed by atoms with Crippen molar-refractivity contribution < 1.29 is 43.9 Å². The van der Waals surface area contributed by atoms with E-state index < -0.39 is 12.3 Å². The minimum absolute atomic E-state index is 0.0462. The lowest BCUT2D eigenvalue weighted by atomic mass is 9.72. The highest BCUT2D eigenvalue weighted by Crippen LogP contribution is 2.40. The van der Waals surface area contributed by atoms with Gasteiger partial charge in [0.05, 0.1) is 0 Å². The van der Waals surface area contributed by atoms with E-state index in [-0.39, 0.29) is 50.0 Å². The fraction of sp³-hybridized carbons (Fsp3) is 0.621. The Kier molecular flexibility index (Phi) is 12.9. The van der Waals surface area contributed by atoms with E-state index in [1.54, 1.807) is 26.0 Å². The zero-order valence-corrected chi connectivity index (χ0v) is 22.6. The van der Waals surface area contributed by atoms with Crippen LogP contribution in [0.1, 0.15) is 80.9 Å². The maximum absolute atomic E-state index is 12.8. The zero-order valence-electron chi connectivity index (χ0n) is 22.6. The highest BCUT2D eigenvalue weighted by Gasteiger charge is 2.32. The molecule has 0 spiro atoms. The quantitative estimate of drug-likeness (QED) is 0.161. The summed E-state index contributed by atoms with van der Waals surface area (Å²) in [7, 11) is 0. The van der Waals surface area contributed by atoms with E-state index in [0.29, 0.717) is 85.8 Å². The fourth-order valence-electron chi connectivity index (χ4n) is 5.12. The molecule has 38 heavy (non-hydrogen) atoms. The third kappa shape index (κ3) is 9.53. The largest absolute Gasteiger partial charge is 0.509 e. The number of aliphatic hydroxyl groups excluding tert-OH is 3. The van der Waals surface area contributed by atoms with Crippen LogP contribution < -0.4 is 4.74 Å². The molecule has 1 aliphatic rings. The molecule has 2 rings (SSSR count). The molecule has 1 aromatic rings. The number of hydrogen-bond acceptors (Lipinski definition) is 9. The van der Waals surface area contributed by atoms with Gasteiger partial charge in [-0.15, -0.1) is 0 Å². The smallest absolute Gasteiger partial charge is 0.429 e. The summed E-state index contributed by atoms with van der Waals surface area (Å²) in [5.74, 6) is -0.121. The van der Waals surface area contributed by atoms with Gasteiger partial charge in [-0.05, 0) is 105 Å². The lowest BCUT2D eigenvalue weighted by Gasteiger charge is -2.34. The van der Waals surface area contributed by atoms with Crippen LogP contribution >= 0.6 is 0 Å². The summed E-state index contributed by atoms with van der Waals surface area (Å²) in [6, 6.07) is 3.52. The number of hydrogen-bond donors (Lipinski definition) is 3. The van der Waals surface area contributed by atoms with Gasteiger partial charge >= 0.3 is 12.1 Å². The Bertz CT molecular complexity index is 908. The van der Waals surface area contributed by atoms with E-state index in [1.165, 1.54) is 0 Å². The van der Waals surface area contributed by atoms with Gasteiger partial charge in [0.2, 0.25) is 0 Å². The van der Waals surface area contributed by atoms with Crippen molar-refractivity contribution in [3.63, 3.8) is 0 Å². The predicted molar refractivity (Wildman–Crippen MR) is 141 cm³/mol. The molecule has 1 atom stereocenters. The molecule has 0 saturated heterocycles. The van der Waals surface area contributed by atoms with Crippen molar-refractivity contribution in [2.75, 3.05) is 19.8 Å². The Morgan fingerprint density at radius 3 is 1.97 bits per heavy atom. The van der Waals surface area contributed by atoms with Crippen molar-refractivity contribution in [3.05, 3.63) is 41.0 Å². The third-order valence-corrected chi connectivity index (χ3v) is 7.12.